The van der Waals surface area contributed by atoms with Crippen molar-refractivity contribution in [2.24, 2.45) is 0 Å². The summed E-state index contributed by atoms with van der Waals surface area (Å²) in [6.45, 7) is 7.34. The lowest BCUT2D eigenvalue weighted by atomic mass is 10.1. The summed E-state index contributed by atoms with van der Waals surface area (Å²) >= 11 is 1.61. The maximum absolute atomic E-state index is 12.5. The van der Waals surface area contributed by atoms with Crippen molar-refractivity contribution in [1.29, 1.82) is 0 Å². The molecule has 1 saturated heterocycles. The van der Waals surface area contributed by atoms with Gasteiger partial charge in [-0.2, -0.15) is 0 Å². The summed E-state index contributed by atoms with van der Waals surface area (Å²) < 4.78 is 0. The number of rotatable bonds is 4. The number of carbonyl (C=O) groups is 1. The standard InChI is InChI=1S/C20H24N2O2S/c1-15-3-8-19(13-16(15)2)25-14-20(24)22-11-9-21(10-12-22)17-4-6-18(23)7-5-17/h3-8,13,23H,9-12,14H2,1-2H3. The highest BCUT2D eigenvalue weighted by Gasteiger charge is 2.21. The molecule has 2 aromatic carbocycles. The number of piperazine rings is 1. The van der Waals surface area contributed by atoms with Crippen LogP contribution in [0.5, 0.6) is 5.75 Å². The third-order valence-electron chi connectivity index (χ3n) is 4.69. The van der Waals surface area contributed by atoms with Gasteiger partial charge in [-0.15, -0.1) is 11.8 Å². The molecule has 2 aromatic rings. The van der Waals surface area contributed by atoms with E-state index in [1.165, 1.54) is 11.1 Å². The van der Waals surface area contributed by atoms with Gasteiger partial charge in [0.05, 0.1) is 5.75 Å². The van der Waals surface area contributed by atoms with Crippen molar-refractivity contribution >= 4 is 23.4 Å². The van der Waals surface area contributed by atoms with Crippen LogP contribution in [0.25, 0.3) is 0 Å². The molecule has 0 spiro atoms. The highest BCUT2D eigenvalue weighted by molar-refractivity contribution is 8.00. The summed E-state index contributed by atoms with van der Waals surface area (Å²) in [5.74, 6) is 0.969. The van der Waals surface area contributed by atoms with E-state index in [-0.39, 0.29) is 11.7 Å². The summed E-state index contributed by atoms with van der Waals surface area (Å²) in [4.78, 5) is 17.8. The smallest absolute Gasteiger partial charge is 0.233 e. The zero-order valence-corrected chi connectivity index (χ0v) is 15.6. The zero-order valence-electron chi connectivity index (χ0n) is 14.7. The van der Waals surface area contributed by atoms with E-state index in [2.05, 4.69) is 36.9 Å². The number of hydrogen-bond acceptors (Lipinski definition) is 4. The Kier molecular flexibility index (Phi) is 5.53. The highest BCUT2D eigenvalue weighted by atomic mass is 32.2. The molecular weight excluding hydrogens is 332 g/mol. The van der Waals surface area contributed by atoms with E-state index in [9.17, 15) is 9.90 Å². The summed E-state index contributed by atoms with van der Waals surface area (Å²) in [6, 6.07) is 13.6. The highest BCUT2D eigenvalue weighted by Crippen LogP contribution is 2.23. The minimum atomic E-state index is 0.202. The Morgan fingerprint density at radius 1 is 1.00 bits per heavy atom. The first kappa shape index (κ1) is 17.7. The number of phenols is 1. The minimum Gasteiger partial charge on any atom is -0.508 e. The maximum atomic E-state index is 12.5. The molecule has 0 unspecified atom stereocenters. The number of aryl methyl sites for hydroxylation is 2. The van der Waals surface area contributed by atoms with Crippen LogP contribution in [0.1, 0.15) is 11.1 Å². The van der Waals surface area contributed by atoms with Gasteiger partial charge in [0.1, 0.15) is 5.75 Å². The van der Waals surface area contributed by atoms with Crippen LogP contribution in [-0.4, -0.2) is 47.8 Å². The Hall–Kier alpha value is -2.14. The van der Waals surface area contributed by atoms with Gasteiger partial charge in [0.2, 0.25) is 5.91 Å². The Labute approximate surface area is 153 Å². The van der Waals surface area contributed by atoms with E-state index in [1.54, 1.807) is 23.9 Å². The molecule has 1 N–H and O–H groups in total. The van der Waals surface area contributed by atoms with Gasteiger partial charge in [-0.05, 0) is 61.4 Å². The van der Waals surface area contributed by atoms with Gasteiger partial charge in [-0.25, -0.2) is 0 Å². The van der Waals surface area contributed by atoms with Crippen molar-refractivity contribution in [2.45, 2.75) is 18.7 Å². The predicted molar refractivity (Wildman–Crippen MR) is 104 cm³/mol. The Morgan fingerprint density at radius 3 is 2.32 bits per heavy atom. The number of nitrogens with zero attached hydrogens (tertiary/aromatic N) is 2. The number of thioether (sulfide) groups is 1. The number of benzene rings is 2. The molecule has 1 heterocycles. The first-order valence-corrected chi connectivity index (χ1v) is 9.53. The average molecular weight is 356 g/mol. The molecule has 5 heteroatoms. The maximum Gasteiger partial charge on any atom is 0.233 e. The van der Waals surface area contributed by atoms with Crippen LogP contribution in [0.2, 0.25) is 0 Å². The van der Waals surface area contributed by atoms with Gasteiger partial charge in [0, 0.05) is 36.8 Å². The van der Waals surface area contributed by atoms with Gasteiger partial charge >= 0.3 is 0 Å². The van der Waals surface area contributed by atoms with Crippen LogP contribution in [0.15, 0.2) is 47.4 Å². The fraction of sp³-hybridized carbons (Fsp3) is 0.350. The lowest BCUT2D eigenvalue weighted by molar-refractivity contribution is -0.128. The number of aromatic hydroxyl groups is 1. The number of phenolic OH excluding ortho intramolecular Hbond substituents is 1. The van der Waals surface area contributed by atoms with E-state index in [4.69, 9.17) is 0 Å². The van der Waals surface area contributed by atoms with E-state index in [0.29, 0.717) is 5.75 Å². The molecule has 4 nitrogen and oxygen atoms in total. The second kappa shape index (κ2) is 7.83. The Bertz CT molecular complexity index is 738. The third kappa shape index (κ3) is 4.48. The molecule has 0 saturated carbocycles. The normalized spacial score (nSPS) is 14.6. The molecule has 25 heavy (non-hydrogen) atoms. The fourth-order valence-electron chi connectivity index (χ4n) is 2.92. The molecule has 0 aliphatic carbocycles. The fourth-order valence-corrected chi connectivity index (χ4v) is 3.81. The number of amides is 1. The van der Waals surface area contributed by atoms with Gasteiger partial charge in [0.15, 0.2) is 0 Å². The molecular formula is C20H24N2O2S. The summed E-state index contributed by atoms with van der Waals surface area (Å²) in [5, 5.41) is 9.38. The Morgan fingerprint density at radius 2 is 1.68 bits per heavy atom. The summed E-state index contributed by atoms with van der Waals surface area (Å²) in [5.41, 5.74) is 3.63. The number of hydrogen-bond donors (Lipinski definition) is 1. The zero-order chi connectivity index (χ0) is 17.8. The van der Waals surface area contributed by atoms with Crippen LogP contribution < -0.4 is 4.90 Å². The van der Waals surface area contributed by atoms with Gasteiger partial charge in [-0.3, -0.25) is 4.79 Å². The van der Waals surface area contributed by atoms with Crippen molar-refractivity contribution in [3.05, 3.63) is 53.6 Å². The van der Waals surface area contributed by atoms with Gasteiger partial charge in [-0.1, -0.05) is 6.07 Å². The van der Waals surface area contributed by atoms with E-state index < -0.39 is 0 Å². The lowest BCUT2D eigenvalue weighted by Gasteiger charge is -2.36. The van der Waals surface area contributed by atoms with Crippen molar-refractivity contribution < 1.29 is 9.90 Å². The molecule has 3 rings (SSSR count). The number of carbonyl (C=O) groups excluding carboxylic acids is 1. The van der Waals surface area contributed by atoms with Crippen LogP contribution in [-0.2, 0) is 4.79 Å². The van der Waals surface area contributed by atoms with Crippen molar-refractivity contribution in [1.82, 2.24) is 4.90 Å². The molecule has 1 aliphatic rings. The van der Waals surface area contributed by atoms with E-state index in [0.717, 1.165) is 36.8 Å². The molecule has 1 fully saturated rings. The van der Waals surface area contributed by atoms with Gasteiger partial charge < -0.3 is 14.9 Å². The second-order valence-electron chi connectivity index (χ2n) is 6.42. The minimum absolute atomic E-state index is 0.202. The van der Waals surface area contributed by atoms with Crippen molar-refractivity contribution in [3.8, 4) is 5.75 Å². The monoisotopic (exact) mass is 356 g/mol. The second-order valence-corrected chi connectivity index (χ2v) is 7.47. The quantitative estimate of drug-likeness (QED) is 0.852. The molecule has 0 atom stereocenters. The SMILES string of the molecule is Cc1ccc(SCC(=O)N2CCN(c3ccc(O)cc3)CC2)cc1C. The molecule has 0 bridgehead atoms. The summed E-state index contributed by atoms with van der Waals surface area (Å²) in [6.07, 6.45) is 0. The van der Waals surface area contributed by atoms with Crippen LogP contribution in [0.4, 0.5) is 5.69 Å². The molecule has 132 valence electrons. The molecule has 0 radical (unpaired) electrons. The van der Waals surface area contributed by atoms with E-state index in [1.807, 2.05) is 17.0 Å². The van der Waals surface area contributed by atoms with Crippen LogP contribution in [0.3, 0.4) is 0 Å². The first-order valence-electron chi connectivity index (χ1n) is 8.55. The Balaban J connectivity index is 1.49. The summed E-state index contributed by atoms with van der Waals surface area (Å²) in [7, 11) is 0. The van der Waals surface area contributed by atoms with Crippen LogP contribution >= 0.6 is 11.8 Å². The third-order valence-corrected chi connectivity index (χ3v) is 5.67. The lowest BCUT2D eigenvalue weighted by Crippen LogP contribution is -2.49. The van der Waals surface area contributed by atoms with E-state index >= 15 is 0 Å². The molecule has 1 amide bonds. The average Bonchev–Trinajstić information content (AvgIpc) is 2.63. The topological polar surface area (TPSA) is 43.8 Å². The van der Waals surface area contributed by atoms with Crippen molar-refractivity contribution in [3.63, 3.8) is 0 Å². The molecule has 0 aromatic heterocycles. The van der Waals surface area contributed by atoms with Gasteiger partial charge in [0.25, 0.3) is 0 Å². The first-order chi connectivity index (χ1) is 12.0. The predicted octanol–water partition coefficient (Wildman–Crippen LogP) is 3.45. The largest absolute Gasteiger partial charge is 0.508 e. The number of anilines is 1. The molecule has 1 aliphatic heterocycles. The van der Waals surface area contributed by atoms with Crippen molar-refractivity contribution in [2.75, 3.05) is 36.8 Å². The van der Waals surface area contributed by atoms with Crippen LogP contribution in [0, 0.1) is 13.8 Å².